The highest BCUT2D eigenvalue weighted by Crippen LogP contribution is 2.13. The van der Waals surface area contributed by atoms with Gasteiger partial charge in [-0.3, -0.25) is 9.59 Å². The largest absolute Gasteiger partial charge is 0.383 e. The van der Waals surface area contributed by atoms with E-state index in [4.69, 9.17) is 16.3 Å². The number of benzene rings is 1. The van der Waals surface area contributed by atoms with Crippen molar-refractivity contribution in [2.45, 2.75) is 6.54 Å². The van der Waals surface area contributed by atoms with Gasteiger partial charge >= 0.3 is 0 Å². The van der Waals surface area contributed by atoms with Gasteiger partial charge in [0.05, 0.1) is 19.7 Å². The van der Waals surface area contributed by atoms with Crippen LogP contribution in [-0.2, 0) is 20.9 Å². The quantitative estimate of drug-likeness (QED) is 0.726. The third kappa shape index (κ3) is 6.28. The Kier molecular flexibility index (Phi) is 9.07. The molecule has 1 aliphatic rings. The van der Waals surface area contributed by atoms with Crippen LogP contribution in [0.3, 0.4) is 0 Å². The van der Waals surface area contributed by atoms with Crippen molar-refractivity contribution in [2.24, 2.45) is 0 Å². The molecular formula is C16H23Cl2N3O3. The number of ether oxygens (including phenoxy) is 1. The Labute approximate surface area is 153 Å². The Bertz CT molecular complexity index is 540. The molecule has 6 nitrogen and oxygen atoms in total. The summed E-state index contributed by atoms with van der Waals surface area (Å²) in [6, 6.07) is 7.44. The first kappa shape index (κ1) is 20.7. The molecule has 8 heteroatoms. The average molecular weight is 376 g/mol. The first-order valence-electron chi connectivity index (χ1n) is 7.60. The van der Waals surface area contributed by atoms with Crippen LogP contribution in [0.25, 0.3) is 0 Å². The van der Waals surface area contributed by atoms with Crippen LogP contribution in [0.5, 0.6) is 0 Å². The maximum absolute atomic E-state index is 12.2. The van der Waals surface area contributed by atoms with Gasteiger partial charge < -0.3 is 19.9 Å². The van der Waals surface area contributed by atoms with Gasteiger partial charge in [-0.2, -0.15) is 0 Å². The zero-order valence-electron chi connectivity index (χ0n) is 13.7. The standard InChI is InChI=1S/C16H22ClN3O3.ClH/c1-23-9-6-18-10-15(21)20-8-7-19(16(22)12-20)11-13-2-4-14(17)5-3-13;/h2-5,18H,6-12H2,1H3;1H. The number of rotatable bonds is 7. The van der Waals surface area contributed by atoms with Gasteiger partial charge in [-0.15, -0.1) is 12.4 Å². The molecule has 1 aliphatic heterocycles. The monoisotopic (exact) mass is 375 g/mol. The molecule has 2 amide bonds. The van der Waals surface area contributed by atoms with Crippen molar-refractivity contribution in [2.75, 3.05) is 46.4 Å². The lowest BCUT2D eigenvalue weighted by atomic mass is 10.2. The molecule has 0 saturated carbocycles. The van der Waals surface area contributed by atoms with Gasteiger partial charge in [0.2, 0.25) is 11.8 Å². The van der Waals surface area contributed by atoms with Crippen LogP contribution in [0, 0.1) is 0 Å². The Morgan fingerprint density at radius 1 is 1.29 bits per heavy atom. The van der Waals surface area contributed by atoms with Gasteiger partial charge in [0.25, 0.3) is 0 Å². The van der Waals surface area contributed by atoms with Crippen molar-refractivity contribution in [1.29, 1.82) is 0 Å². The van der Waals surface area contributed by atoms with E-state index in [1.165, 1.54) is 0 Å². The van der Waals surface area contributed by atoms with Gasteiger partial charge in [-0.05, 0) is 17.7 Å². The van der Waals surface area contributed by atoms with E-state index in [0.717, 1.165) is 5.56 Å². The summed E-state index contributed by atoms with van der Waals surface area (Å²) in [5.74, 6) is -0.0861. The molecule has 2 rings (SSSR count). The molecule has 0 unspecified atom stereocenters. The number of carbonyl (C=O) groups excluding carboxylic acids is 2. The molecule has 1 fully saturated rings. The third-order valence-electron chi connectivity index (χ3n) is 3.72. The van der Waals surface area contributed by atoms with Crippen LogP contribution in [0.2, 0.25) is 5.02 Å². The molecule has 0 atom stereocenters. The zero-order chi connectivity index (χ0) is 16.7. The summed E-state index contributed by atoms with van der Waals surface area (Å²) < 4.78 is 4.91. The Morgan fingerprint density at radius 2 is 2.00 bits per heavy atom. The lowest BCUT2D eigenvalue weighted by molar-refractivity contribution is -0.145. The Morgan fingerprint density at radius 3 is 2.62 bits per heavy atom. The summed E-state index contributed by atoms with van der Waals surface area (Å²) in [4.78, 5) is 27.6. The molecule has 0 radical (unpaired) electrons. The predicted molar refractivity (Wildman–Crippen MR) is 95.4 cm³/mol. The molecule has 0 spiro atoms. The van der Waals surface area contributed by atoms with Crippen LogP contribution >= 0.6 is 24.0 Å². The topological polar surface area (TPSA) is 61.9 Å². The summed E-state index contributed by atoms with van der Waals surface area (Å²) in [7, 11) is 1.61. The number of amides is 2. The SMILES string of the molecule is COCCNCC(=O)N1CCN(Cc2ccc(Cl)cc2)C(=O)C1.Cl. The molecule has 24 heavy (non-hydrogen) atoms. The number of halogens is 2. The summed E-state index contributed by atoms with van der Waals surface area (Å²) in [6.07, 6.45) is 0. The molecule has 1 aromatic rings. The molecule has 0 aromatic heterocycles. The fourth-order valence-corrected chi connectivity index (χ4v) is 2.51. The minimum atomic E-state index is -0.0550. The number of hydrogen-bond donors (Lipinski definition) is 1. The molecule has 134 valence electrons. The Hall–Kier alpha value is -1.34. The smallest absolute Gasteiger partial charge is 0.242 e. The number of nitrogens with zero attached hydrogens (tertiary/aromatic N) is 2. The molecule has 0 bridgehead atoms. The average Bonchev–Trinajstić information content (AvgIpc) is 2.55. The van der Waals surface area contributed by atoms with Crippen LogP contribution in [0.15, 0.2) is 24.3 Å². The zero-order valence-corrected chi connectivity index (χ0v) is 15.2. The molecule has 1 N–H and O–H groups in total. The number of piperazine rings is 1. The van der Waals surface area contributed by atoms with E-state index in [2.05, 4.69) is 5.32 Å². The summed E-state index contributed by atoms with van der Waals surface area (Å²) >= 11 is 5.86. The second kappa shape index (κ2) is 10.5. The fraction of sp³-hybridized carbons (Fsp3) is 0.500. The first-order chi connectivity index (χ1) is 11.1. The maximum Gasteiger partial charge on any atom is 0.242 e. The van der Waals surface area contributed by atoms with Crippen LogP contribution in [0.1, 0.15) is 5.56 Å². The second-order valence-corrected chi connectivity index (χ2v) is 5.86. The van der Waals surface area contributed by atoms with Gasteiger partial charge in [0.15, 0.2) is 0 Å². The van der Waals surface area contributed by atoms with Gasteiger partial charge in [-0.1, -0.05) is 23.7 Å². The van der Waals surface area contributed by atoms with Gasteiger partial charge in [0.1, 0.15) is 0 Å². The van der Waals surface area contributed by atoms with E-state index >= 15 is 0 Å². The minimum absolute atomic E-state index is 0. The van der Waals surface area contributed by atoms with Crippen LogP contribution < -0.4 is 5.32 Å². The summed E-state index contributed by atoms with van der Waals surface area (Å²) in [5, 5.41) is 3.68. The van der Waals surface area contributed by atoms with Gasteiger partial charge in [-0.25, -0.2) is 0 Å². The molecule has 1 saturated heterocycles. The summed E-state index contributed by atoms with van der Waals surface area (Å²) in [5.41, 5.74) is 1.03. The molecule has 1 aromatic carbocycles. The van der Waals surface area contributed by atoms with E-state index < -0.39 is 0 Å². The number of hydrogen-bond acceptors (Lipinski definition) is 4. The lowest BCUT2D eigenvalue weighted by Gasteiger charge is -2.34. The van der Waals surface area contributed by atoms with Crippen LogP contribution in [-0.4, -0.2) is 68.1 Å². The highest BCUT2D eigenvalue weighted by molar-refractivity contribution is 6.30. The van der Waals surface area contributed by atoms with E-state index in [1.807, 2.05) is 24.3 Å². The van der Waals surface area contributed by atoms with Crippen molar-refractivity contribution in [1.82, 2.24) is 15.1 Å². The van der Waals surface area contributed by atoms with E-state index in [9.17, 15) is 9.59 Å². The maximum atomic E-state index is 12.2. The predicted octanol–water partition coefficient (Wildman–Crippen LogP) is 1.17. The number of nitrogens with one attached hydrogen (secondary N) is 1. The van der Waals surface area contributed by atoms with E-state index in [-0.39, 0.29) is 37.3 Å². The lowest BCUT2D eigenvalue weighted by Crippen LogP contribution is -2.53. The second-order valence-electron chi connectivity index (χ2n) is 5.43. The third-order valence-corrected chi connectivity index (χ3v) is 3.97. The molecule has 1 heterocycles. The van der Waals surface area contributed by atoms with E-state index in [0.29, 0.717) is 37.8 Å². The van der Waals surface area contributed by atoms with Gasteiger partial charge in [0, 0.05) is 38.3 Å². The van der Waals surface area contributed by atoms with Crippen molar-refractivity contribution in [3.8, 4) is 0 Å². The summed E-state index contributed by atoms with van der Waals surface area (Å²) in [6.45, 7) is 3.19. The fourth-order valence-electron chi connectivity index (χ4n) is 2.38. The minimum Gasteiger partial charge on any atom is -0.383 e. The number of carbonyl (C=O) groups is 2. The Balaban J connectivity index is 0.00000288. The molecular weight excluding hydrogens is 353 g/mol. The normalized spacial score (nSPS) is 14.5. The highest BCUT2D eigenvalue weighted by atomic mass is 35.5. The van der Waals surface area contributed by atoms with Crippen molar-refractivity contribution in [3.63, 3.8) is 0 Å². The van der Waals surface area contributed by atoms with E-state index in [1.54, 1.807) is 16.9 Å². The van der Waals surface area contributed by atoms with Crippen molar-refractivity contribution >= 4 is 35.8 Å². The van der Waals surface area contributed by atoms with Crippen molar-refractivity contribution < 1.29 is 14.3 Å². The number of methoxy groups -OCH3 is 1. The highest BCUT2D eigenvalue weighted by Gasteiger charge is 2.26. The first-order valence-corrected chi connectivity index (χ1v) is 7.97. The van der Waals surface area contributed by atoms with Crippen molar-refractivity contribution in [3.05, 3.63) is 34.9 Å². The molecule has 0 aliphatic carbocycles. The van der Waals surface area contributed by atoms with Crippen LogP contribution in [0.4, 0.5) is 0 Å².